The third-order valence-corrected chi connectivity index (χ3v) is 17.2. The van der Waals surface area contributed by atoms with Gasteiger partial charge < -0.3 is 13.4 Å². The van der Waals surface area contributed by atoms with E-state index in [-0.39, 0.29) is 0 Å². The lowest BCUT2D eigenvalue weighted by atomic mass is 10.4. The first kappa shape index (κ1) is 24.5. The summed E-state index contributed by atoms with van der Waals surface area (Å²) in [5.74, 6) is 0. The molecule has 0 fully saturated rings. The van der Waals surface area contributed by atoms with Crippen LogP contribution in [0.3, 0.4) is 0 Å². The number of rotatable bonds is 14. The van der Waals surface area contributed by atoms with Crippen molar-refractivity contribution in [2.24, 2.45) is 0 Å². The summed E-state index contributed by atoms with van der Waals surface area (Å²) in [6, 6.07) is 6.71. The van der Waals surface area contributed by atoms with Gasteiger partial charge in [-0.1, -0.05) is 20.8 Å². The van der Waals surface area contributed by atoms with Gasteiger partial charge >= 0.3 is 0 Å². The van der Waals surface area contributed by atoms with Crippen LogP contribution in [0.1, 0.15) is 33.6 Å². The van der Waals surface area contributed by atoms with Gasteiger partial charge in [0.15, 0.2) is 16.6 Å². The molecule has 0 aromatic carbocycles. The summed E-state index contributed by atoms with van der Waals surface area (Å²) in [4.78, 5) is 0. The van der Waals surface area contributed by atoms with Gasteiger partial charge in [-0.05, 0) is 82.3 Å². The lowest BCUT2D eigenvalue weighted by molar-refractivity contribution is 0.375. The van der Waals surface area contributed by atoms with E-state index in [1.165, 1.54) is 56.2 Å². The van der Waals surface area contributed by atoms with Crippen molar-refractivity contribution in [3.63, 3.8) is 0 Å². The van der Waals surface area contributed by atoms with Crippen LogP contribution >= 0.6 is 0 Å². The topological polar surface area (TPSA) is 21.7 Å². The van der Waals surface area contributed by atoms with Gasteiger partial charge in [0.1, 0.15) is 8.24 Å². The Morgan fingerprint density at radius 1 is 0.667 bits per heavy atom. The Morgan fingerprint density at radius 3 is 1.25 bits per heavy atom. The van der Waals surface area contributed by atoms with Crippen LogP contribution in [0.25, 0.3) is 0 Å². The Labute approximate surface area is 155 Å². The minimum absolute atomic E-state index is 1.27. The Kier molecular flexibility index (Phi) is 11.5. The standard InChI is InChI=1S/C18H45NO2Si3/c1-10-24(11-2,12-3)19(15-13-17-22(6,7)20-4)16-14-18-23(8,9)21-5/h10-18H2,1-9H3. The minimum atomic E-state index is -1.43. The Morgan fingerprint density at radius 2 is 1.00 bits per heavy atom. The van der Waals surface area contributed by atoms with E-state index < -0.39 is 24.9 Å². The molecule has 0 aliphatic rings. The molecule has 0 atom stereocenters. The summed E-state index contributed by atoms with van der Waals surface area (Å²) < 4.78 is 14.4. The van der Waals surface area contributed by atoms with Crippen LogP contribution in [0.15, 0.2) is 0 Å². The van der Waals surface area contributed by atoms with Gasteiger partial charge in [0.25, 0.3) is 0 Å². The average Bonchev–Trinajstić information content (AvgIpc) is 2.56. The summed E-state index contributed by atoms with van der Waals surface area (Å²) in [7, 11) is -0.341. The maximum absolute atomic E-state index is 5.75. The van der Waals surface area contributed by atoms with Crippen LogP contribution in [-0.2, 0) is 8.85 Å². The van der Waals surface area contributed by atoms with Crippen molar-refractivity contribution in [2.75, 3.05) is 27.3 Å². The van der Waals surface area contributed by atoms with Gasteiger partial charge in [-0.2, -0.15) is 0 Å². The van der Waals surface area contributed by atoms with Crippen molar-refractivity contribution in [1.82, 2.24) is 4.57 Å². The van der Waals surface area contributed by atoms with Crippen LogP contribution < -0.4 is 0 Å². The zero-order chi connectivity index (χ0) is 18.9. The number of hydrogen-bond donors (Lipinski definition) is 0. The smallest absolute Gasteiger partial charge is 0.186 e. The maximum atomic E-state index is 5.75. The molecule has 0 saturated carbocycles. The van der Waals surface area contributed by atoms with E-state index in [2.05, 4.69) is 51.5 Å². The van der Waals surface area contributed by atoms with Crippen molar-refractivity contribution in [3.05, 3.63) is 0 Å². The van der Waals surface area contributed by atoms with Crippen LogP contribution in [0.2, 0.25) is 56.4 Å². The van der Waals surface area contributed by atoms with E-state index in [0.717, 1.165) is 0 Å². The van der Waals surface area contributed by atoms with E-state index in [9.17, 15) is 0 Å². The molecule has 146 valence electrons. The van der Waals surface area contributed by atoms with Gasteiger partial charge in [-0.3, -0.25) is 0 Å². The monoisotopic (exact) mass is 391 g/mol. The third-order valence-electron chi connectivity index (χ3n) is 6.16. The SMILES string of the molecule is CC[Si](CC)(CC)N(CCC[Si](C)(C)OC)CCC[Si](C)(C)OC. The highest BCUT2D eigenvalue weighted by molar-refractivity contribution is 6.77. The Hall–Kier alpha value is 0.531. The molecule has 0 aromatic rings. The first-order valence-electron chi connectivity index (χ1n) is 9.97. The molecule has 6 heteroatoms. The molecule has 0 unspecified atom stereocenters. The molecular formula is C18H45NO2Si3. The molecule has 0 spiro atoms. The van der Waals surface area contributed by atoms with Crippen LogP contribution in [0.5, 0.6) is 0 Å². The van der Waals surface area contributed by atoms with Gasteiger partial charge in [0, 0.05) is 14.2 Å². The van der Waals surface area contributed by atoms with Crippen LogP contribution in [-0.4, -0.2) is 56.7 Å². The predicted molar refractivity (Wildman–Crippen MR) is 117 cm³/mol. The molecule has 3 nitrogen and oxygen atoms in total. The predicted octanol–water partition coefficient (Wildman–Crippen LogP) is 5.78. The van der Waals surface area contributed by atoms with E-state index in [4.69, 9.17) is 8.85 Å². The quantitative estimate of drug-likeness (QED) is 0.350. The highest BCUT2D eigenvalue weighted by Crippen LogP contribution is 2.27. The fourth-order valence-corrected chi connectivity index (χ4v) is 10.1. The fourth-order valence-electron chi connectivity index (χ4n) is 3.60. The molecule has 0 aliphatic carbocycles. The lowest BCUT2D eigenvalue weighted by Gasteiger charge is -2.42. The van der Waals surface area contributed by atoms with Gasteiger partial charge in [0.2, 0.25) is 0 Å². The van der Waals surface area contributed by atoms with E-state index in [0.29, 0.717) is 0 Å². The highest BCUT2D eigenvalue weighted by Gasteiger charge is 2.34. The van der Waals surface area contributed by atoms with Crippen molar-refractivity contribution in [2.45, 2.75) is 90.0 Å². The molecule has 0 rings (SSSR count). The first-order valence-corrected chi connectivity index (χ1v) is 18.8. The summed E-state index contributed by atoms with van der Waals surface area (Å²) in [5, 5.41) is 0. The van der Waals surface area contributed by atoms with Gasteiger partial charge in [0.05, 0.1) is 0 Å². The minimum Gasteiger partial charge on any atom is -0.420 e. The van der Waals surface area contributed by atoms with Crippen molar-refractivity contribution < 1.29 is 8.85 Å². The van der Waals surface area contributed by atoms with E-state index >= 15 is 0 Å². The number of hydrogen-bond acceptors (Lipinski definition) is 3. The molecule has 0 saturated heterocycles. The van der Waals surface area contributed by atoms with E-state index in [1.807, 2.05) is 14.2 Å². The van der Waals surface area contributed by atoms with Crippen molar-refractivity contribution >= 4 is 24.9 Å². The van der Waals surface area contributed by atoms with Crippen molar-refractivity contribution in [1.29, 1.82) is 0 Å². The summed E-state index contributed by atoms with van der Waals surface area (Å²) >= 11 is 0. The van der Waals surface area contributed by atoms with Crippen molar-refractivity contribution in [3.8, 4) is 0 Å². The van der Waals surface area contributed by atoms with Gasteiger partial charge in [-0.25, -0.2) is 0 Å². The summed E-state index contributed by atoms with van der Waals surface area (Å²) in [6.45, 7) is 19.2. The maximum Gasteiger partial charge on any atom is 0.186 e. The summed E-state index contributed by atoms with van der Waals surface area (Å²) in [6.07, 6.45) is 2.60. The zero-order valence-electron chi connectivity index (χ0n) is 18.1. The molecule has 0 aliphatic heterocycles. The molecule has 0 bridgehead atoms. The zero-order valence-corrected chi connectivity index (χ0v) is 21.1. The Balaban J connectivity index is 4.83. The first-order chi connectivity index (χ1) is 11.1. The second-order valence-electron chi connectivity index (χ2n) is 8.41. The highest BCUT2D eigenvalue weighted by atomic mass is 28.4. The molecular weight excluding hydrogens is 346 g/mol. The lowest BCUT2D eigenvalue weighted by Crippen LogP contribution is -2.53. The second kappa shape index (κ2) is 11.3. The molecule has 0 heterocycles. The van der Waals surface area contributed by atoms with E-state index in [1.54, 1.807) is 0 Å². The number of nitrogens with zero attached hydrogens (tertiary/aromatic N) is 1. The molecule has 0 aromatic heterocycles. The molecule has 0 N–H and O–H groups in total. The molecule has 0 amide bonds. The van der Waals surface area contributed by atoms with Gasteiger partial charge in [-0.15, -0.1) is 0 Å². The normalized spacial score (nSPS) is 13.8. The fraction of sp³-hybridized carbons (Fsp3) is 1.00. The second-order valence-corrected chi connectivity index (χ2v) is 22.5. The largest absolute Gasteiger partial charge is 0.420 e. The molecule has 0 radical (unpaired) electrons. The molecule has 24 heavy (non-hydrogen) atoms. The Bertz CT molecular complexity index is 304. The van der Waals surface area contributed by atoms with Crippen LogP contribution in [0.4, 0.5) is 0 Å². The average molecular weight is 392 g/mol. The van der Waals surface area contributed by atoms with Crippen LogP contribution in [0, 0.1) is 0 Å². The summed E-state index contributed by atoms with van der Waals surface area (Å²) in [5.41, 5.74) is 0. The third kappa shape index (κ3) is 8.27.